The topological polar surface area (TPSA) is 43.4 Å². The highest BCUT2D eigenvalue weighted by molar-refractivity contribution is 6.33. The minimum atomic E-state index is -0.248. The highest BCUT2D eigenvalue weighted by Crippen LogP contribution is 2.36. The third-order valence-electron chi connectivity index (χ3n) is 3.06. The van der Waals surface area contributed by atoms with Crippen molar-refractivity contribution in [1.82, 2.24) is 0 Å². The van der Waals surface area contributed by atoms with Gasteiger partial charge in [0.1, 0.15) is 11.5 Å². The molecule has 3 nitrogen and oxygen atoms in total. The van der Waals surface area contributed by atoms with Crippen LogP contribution in [0, 0.1) is 20.8 Å². The summed E-state index contributed by atoms with van der Waals surface area (Å²) in [7, 11) is 1.51. The summed E-state index contributed by atoms with van der Waals surface area (Å²) in [5.74, 6) is 0.0957. The van der Waals surface area contributed by atoms with Crippen molar-refractivity contribution in [3.63, 3.8) is 0 Å². The lowest BCUT2D eigenvalue weighted by atomic mass is 9.94. The molecule has 18 heavy (non-hydrogen) atoms. The number of hydrogen-bond acceptors (Lipinski definition) is 3. The second kappa shape index (κ2) is 5.53. The number of rotatable bonds is 4. The summed E-state index contributed by atoms with van der Waals surface area (Å²) in [6.07, 6.45) is -0.129. The molecular formula is C14H17ClO3. The maximum atomic E-state index is 12.1. The number of hydrogen-bond donors (Lipinski definition) is 0. The number of carbonyl (C=O) groups is 2. The van der Waals surface area contributed by atoms with Crippen LogP contribution in [0.2, 0.25) is 5.02 Å². The summed E-state index contributed by atoms with van der Waals surface area (Å²) in [6, 6.07) is 0. The van der Waals surface area contributed by atoms with E-state index >= 15 is 0 Å². The monoisotopic (exact) mass is 268 g/mol. The summed E-state index contributed by atoms with van der Waals surface area (Å²) >= 11 is 6.20. The Bertz CT molecular complexity index is 519. The minimum Gasteiger partial charge on any atom is -0.496 e. The quantitative estimate of drug-likeness (QED) is 0.621. The second-order valence-electron chi connectivity index (χ2n) is 4.40. The van der Waals surface area contributed by atoms with Crippen molar-refractivity contribution in [2.45, 2.75) is 34.1 Å². The number of carbonyl (C=O) groups excluding carboxylic acids is 2. The number of ketones is 2. The van der Waals surface area contributed by atoms with E-state index in [1.165, 1.54) is 14.0 Å². The summed E-state index contributed by atoms with van der Waals surface area (Å²) in [5, 5.41) is 0.556. The normalized spacial score (nSPS) is 10.3. The lowest BCUT2D eigenvalue weighted by Crippen LogP contribution is -2.11. The van der Waals surface area contributed by atoms with E-state index in [4.69, 9.17) is 16.3 Å². The van der Waals surface area contributed by atoms with Crippen molar-refractivity contribution >= 4 is 23.2 Å². The fourth-order valence-electron chi connectivity index (χ4n) is 1.99. The summed E-state index contributed by atoms with van der Waals surface area (Å²) in [6.45, 7) is 6.89. The third kappa shape index (κ3) is 2.56. The van der Waals surface area contributed by atoms with Crippen LogP contribution in [0.1, 0.15) is 40.4 Å². The molecule has 98 valence electrons. The number of halogens is 1. The molecule has 1 rings (SSSR count). The molecule has 0 aromatic heterocycles. The SMILES string of the molecule is COc1c(C)c(C)c(Cl)c(C)c1C(=O)CC(C)=O. The smallest absolute Gasteiger partial charge is 0.174 e. The van der Waals surface area contributed by atoms with Gasteiger partial charge in [0.15, 0.2) is 5.78 Å². The molecule has 1 aromatic carbocycles. The van der Waals surface area contributed by atoms with Crippen LogP contribution in [0.5, 0.6) is 5.75 Å². The van der Waals surface area contributed by atoms with Gasteiger partial charge in [-0.05, 0) is 44.4 Å². The van der Waals surface area contributed by atoms with Gasteiger partial charge < -0.3 is 4.74 Å². The maximum Gasteiger partial charge on any atom is 0.174 e. The zero-order chi connectivity index (χ0) is 14.0. The molecule has 0 amide bonds. The molecule has 0 saturated carbocycles. The standard InChI is InChI=1S/C14H17ClO3/c1-7(16)6-11(17)12-10(4)13(15)8(2)9(3)14(12)18-5/h6H2,1-5H3. The van der Waals surface area contributed by atoms with Crippen LogP contribution >= 0.6 is 11.6 Å². The van der Waals surface area contributed by atoms with E-state index in [1.807, 2.05) is 13.8 Å². The van der Waals surface area contributed by atoms with Gasteiger partial charge in [0.2, 0.25) is 0 Å². The number of benzene rings is 1. The Hall–Kier alpha value is -1.35. The lowest BCUT2D eigenvalue weighted by Gasteiger charge is -2.17. The van der Waals surface area contributed by atoms with Crippen molar-refractivity contribution in [2.75, 3.05) is 7.11 Å². The molecule has 0 atom stereocenters. The molecule has 0 aliphatic heterocycles. The molecule has 0 fully saturated rings. The first-order valence-corrected chi connectivity index (χ1v) is 6.04. The summed E-state index contributed by atoms with van der Waals surface area (Å²) in [5.41, 5.74) is 2.81. The molecule has 4 heteroatoms. The molecule has 1 aromatic rings. The van der Waals surface area contributed by atoms with Gasteiger partial charge in [-0.15, -0.1) is 0 Å². The third-order valence-corrected chi connectivity index (χ3v) is 3.62. The van der Waals surface area contributed by atoms with E-state index in [9.17, 15) is 9.59 Å². The molecule has 0 N–H and O–H groups in total. The molecule has 0 unspecified atom stereocenters. The van der Waals surface area contributed by atoms with Crippen LogP contribution < -0.4 is 4.74 Å². The van der Waals surface area contributed by atoms with Crippen molar-refractivity contribution < 1.29 is 14.3 Å². The first kappa shape index (κ1) is 14.7. The van der Waals surface area contributed by atoms with Gasteiger partial charge in [0.25, 0.3) is 0 Å². The Balaban J connectivity index is 3.51. The largest absolute Gasteiger partial charge is 0.496 e. The van der Waals surface area contributed by atoms with Gasteiger partial charge in [-0.25, -0.2) is 0 Å². The zero-order valence-electron chi connectivity index (χ0n) is 11.3. The molecule has 0 bridgehead atoms. The van der Waals surface area contributed by atoms with Crippen molar-refractivity contribution in [2.24, 2.45) is 0 Å². The van der Waals surface area contributed by atoms with E-state index < -0.39 is 0 Å². The average Bonchev–Trinajstić information content (AvgIpc) is 2.29. The van der Waals surface area contributed by atoms with E-state index in [0.717, 1.165) is 11.1 Å². The van der Waals surface area contributed by atoms with E-state index in [1.54, 1.807) is 6.92 Å². The molecule has 0 aliphatic rings. The number of ether oxygens (including phenoxy) is 1. The Kier molecular flexibility index (Phi) is 4.52. The molecule has 0 radical (unpaired) electrons. The van der Waals surface area contributed by atoms with Gasteiger partial charge in [0, 0.05) is 5.02 Å². The predicted molar refractivity (Wildman–Crippen MR) is 71.8 cm³/mol. The van der Waals surface area contributed by atoms with E-state index in [-0.39, 0.29) is 18.0 Å². The van der Waals surface area contributed by atoms with Gasteiger partial charge in [-0.1, -0.05) is 11.6 Å². The van der Waals surface area contributed by atoms with Crippen LogP contribution in [0.3, 0.4) is 0 Å². The highest BCUT2D eigenvalue weighted by atomic mass is 35.5. The molecule has 0 aliphatic carbocycles. The Morgan fingerprint density at radius 3 is 2.11 bits per heavy atom. The zero-order valence-corrected chi connectivity index (χ0v) is 12.1. The lowest BCUT2D eigenvalue weighted by molar-refractivity contribution is -0.116. The molecular weight excluding hydrogens is 252 g/mol. The van der Waals surface area contributed by atoms with Crippen LogP contribution in [0.15, 0.2) is 0 Å². The fourth-order valence-corrected chi connectivity index (χ4v) is 2.23. The number of methoxy groups -OCH3 is 1. The molecule has 0 spiro atoms. The predicted octanol–water partition coefficient (Wildman–Crippen LogP) is 3.44. The minimum absolute atomic E-state index is 0.129. The molecule has 0 heterocycles. The van der Waals surface area contributed by atoms with Crippen LogP contribution in [0.4, 0.5) is 0 Å². The Morgan fingerprint density at radius 1 is 1.11 bits per heavy atom. The van der Waals surface area contributed by atoms with Crippen molar-refractivity contribution in [1.29, 1.82) is 0 Å². The Morgan fingerprint density at radius 2 is 1.67 bits per heavy atom. The summed E-state index contributed by atoms with van der Waals surface area (Å²) in [4.78, 5) is 23.2. The summed E-state index contributed by atoms with van der Waals surface area (Å²) < 4.78 is 5.30. The van der Waals surface area contributed by atoms with Crippen molar-refractivity contribution in [3.8, 4) is 5.75 Å². The van der Waals surface area contributed by atoms with Gasteiger partial charge >= 0.3 is 0 Å². The van der Waals surface area contributed by atoms with Crippen LogP contribution in [0.25, 0.3) is 0 Å². The first-order valence-electron chi connectivity index (χ1n) is 5.67. The van der Waals surface area contributed by atoms with E-state index in [0.29, 0.717) is 21.9 Å². The molecule has 0 saturated heterocycles. The van der Waals surface area contributed by atoms with Gasteiger partial charge in [-0.3, -0.25) is 9.59 Å². The Labute approximate surface area is 112 Å². The highest BCUT2D eigenvalue weighted by Gasteiger charge is 2.22. The van der Waals surface area contributed by atoms with Crippen LogP contribution in [-0.2, 0) is 4.79 Å². The van der Waals surface area contributed by atoms with Gasteiger partial charge in [-0.2, -0.15) is 0 Å². The van der Waals surface area contributed by atoms with Gasteiger partial charge in [0.05, 0.1) is 19.1 Å². The second-order valence-corrected chi connectivity index (χ2v) is 4.78. The fraction of sp³-hybridized carbons (Fsp3) is 0.429. The first-order chi connectivity index (χ1) is 8.31. The van der Waals surface area contributed by atoms with Crippen LogP contribution in [-0.4, -0.2) is 18.7 Å². The number of Topliss-reactive ketones (excluding diaryl/α,β-unsaturated/α-hetero) is 2. The van der Waals surface area contributed by atoms with Crippen molar-refractivity contribution in [3.05, 3.63) is 27.3 Å². The average molecular weight is 269 g/mol. The van der Waals surface area contributed by atoms with E-state index in [2.05, 4.69) is 0 Å². The maximum absolute atomic E-state index is 12.1.